The van der Waals surface area contributed by atoms with E-state index in [4.69, 9.17) is 9.47 Å². The Morgan fingerprint density at radius 1 is 0.629 bits per heavy atom. The van der Waals surface area contributed by atoms with Crippen LogP contribution in [0.3, 0.4) is 0 Å². The minimum Gasteiger partial charge on any atom is -0.494 e. The number of ether oxygens (including phenoxy) is 2. The minimum absolute atomic E-state index is 0.373. The topological polar surface area (TPSA) is 35.5 Å². The standard InChI is InChI=1S/C31H37BrO3/c1-2-3-4-5-6-7-8-9-10-11-24-34-29-20-16-27(17-21-29)31(33)35-30-22-14-26(15-23-30)25-12-18-28(32)19-13-25/h12-23H,2-11,24H2,1H3. The van der Waals surface area contributed by atoms with Crippen molar-refractivity contribution in [1.82, 2.24) is 0 Å². The molecular formula is C31H37BrO3. The molecule has 35 heavy (non-hydrogen) atoms. The van der Waals surface area contributed by atoms with Crippen molar-refractivity contribution in [3.63, 3.8) is 0 Å². The first-order valence-corrected chi connectivity index (χ1v) is 13.8. The summed E-state index contributed by atoms with van der Waals surface area (Å²) in [5, 5.41) is 0. The predicted octanol–water partition coefficient (Wildman–Crippen LogP) is 9.63. The molecule has 0 spiro atoms. The lowest BCUT2D eigenvalue weighted by Crippen LogP contribution is -2.08. The number of hydrogen-bond acceptors (Lipinski definition) is 3. The van der Waals surface area contributed by atoms with Crippen LogP contribution >= 0.6 is 15.9 Å². The summed E-state index contributed by atoms with van der Waals surface area (Å²) in [4.78, 5) is 12.5. The molecule has 3 aromatic carbocycles. The Kier molecular flexibility index (Phi) is 11.9. The monoisotopic (exact) mass is 536 g/mol. The Balaban J connectivity index is 1.33. The lowest BCUT2D eigenvalue weighted by Gasteiger charge is -2.08. The average Bonchev–Trinajstić information content (AvgIpc) is 2.88. The van der Waals surface area contributed by atoms with Gasteiger partial charge in [0.25, 0.3) is 0 Å². The predicted molar refractivity (Wildman–Crippen MR) is 148 cm³/mol. The molecule has 0 aliphatic carbocycles. The molecule has 0 unspecified atom stereocenters. The quantitative estimate of drug-likeness (QED) is 0.110. The molecule has 0 heterocycles. The Hall–Kier alpha value is -2.59. The number of unbranched alkanes of at least 4 members (excludes halogenated alkanes) is 9. The second kappa shape index (κ2) is 15.4. The summed E-state index contributed by atoms with van der Waals surface area (Å²) >= 11 is 3.45. The Bertz CT molecular complexity index is 995. The molecule has 0 saturated carbocycles. The van der Waals surface area contributed by atoms with Crippen LogP contribution in [0, 0.1) is 0 Å². The van der Waals surface area contributed by atoms with Gasteiger partial charge < -0.3 is 9.47 Å². The van der Waals surface area contributed by atoms with Crippen LogP contribution in [0.5, 0.6) is 11.5 Å². The van der Waals surface area contributed by atoms with Crippen LogP contribution in [-0.2, 0) is 0 Å². The van der Waals surface area contributed by atoms with Crippen molar-refractivity contribution in [3.05, 3.63) is 82.8 Å². The summed E-state index contributed by atoms with van der Waals surface area (Å²) < 4.78 is 12.4. The van der Waals surface area contributed by atoms with Crippen molar-refractivity contribution >= 4 is 21.9 Å². The van der Waals surface area contributed by atoms with E-state index in [-0.39, 0.29) is 5.97 Å². The SMILES string of the molecule is CCCCCCCCCCCCOc1ccc(C(=O)Oc2ccc(-c3ccc(Br)cc3)cc2)cc1. The van der Waals surface area contributed by atoms with Crippen molar-refractivity contribution in [2.24, 2.45) is 0 Å². The maximum Gasteiger partial charge on any atom is 0.343 e. The van der Waals surface area contributed by atoms with E-state index >= 15 is 0 Å². The largest absolute Gasteiger partial charge is 0.494 e. The van der Waals surface area contributed by atoms with Crippen molar-refractivity contribution in [3.8, 4) is 22.6 Å². The zero-order valence-electron chi connectivity index (χ0n) is 20.8. The van der Waals surface area contributed by atoms with Gasteiger partial charge in [0.05, 0.1) is 12.2 Å². The van der Waals surface area contributed by atoms with Gasteiger partial charge in [-0.15, -0.1) is 0 Å². The minimum atomic E-state index is -0.373. The van der Waals surface area contributed by atoms with Gasteiger partial charge in [0.15, 0.2) is 0 Å². The molecule has 186 valence electrons. The molecule has 0 bridgehead atoms. The molecule has 3 rings (SSSR count). The lowest BCUT2D eigenvalue weighted by molar-refractivity contribution is 0.0734. The van der Waals surface area contributed by atoms with E-state index in [0.29, 0.717) is 17.9 Å². The van der Waals surface area contributed by atoms with E-state index in [0.717, 1.165) is 27.8 Å². The summed E-state index contributed by atoms with van der Waals surface area (Å²) in [5.74, 6) is 0.941. The molecule has 0 aliphatic rings. The van der Waals surface area contributed by atoms with Gasteiger partial charge in [0.2, 0.25) is 0 Å². The van der Waals surface area contributed by atoms with Gasteiger partial charge in [0.1, 0.15) is 11.5 Å². The zero-order valence-corrected chi connectivity index (χ0v) is 22.4. The first-order chi connectivity index (χ1) is 17.2. The number of benzene rings is 3. The fourth-order valence-electron chi connectivity index (χ4n) is 3.99. The molecule has 0 fully saturated rings. The van der Waals surface area contributed by atoms with E-state index in [9.17, 15) is 4.79 Å². The van der Waals surface area contributed by atoms with Crippen molar-refractivity contribution in [2.45, 2.75) is 71.1 Å². The number of esters is 1. The second-order valence-electron chi connectivity index (χ2n) is 8.98. The summed E-state index contributed by atoms with van der Waals surface area (Å²) in [5.41, 5.74) is 2.69. The van der Waals surface area contributed by atoms with Gasteiger partial charge >= 0.3 is 5.97 Å². The van der Waals surface area contributed by atoms with Crippen LogP contribution in [-0.4, -0.2) is 12.6 Å². The lowest BCUT2D eigenvalue weighted by atomic mass is 10.1. The third-order valence-corrected chi connectivity index (χ3v) is 6.63. The molecule has 0 radical (unpaired) electrons. The smallest absolute Gasteiger partial charge is 0.343 e. The van der Waals surface area contributed by atoms with Gasteiger partial charge in [-0.1, -0.05) is 105 Å². The fourth-order valence-corrected chi connectivity index (χ4v) is 4.25. The molecule has 0 amide bonds. The van der Waals surface area contributed by atoms with Crippen LogP contribution in [0.2, 0.25) is 0 Å². The molecule has 3 aromatic rings. The molecule has 0 saturated heterocycles. The molecule has 4 heteroatoms. The third-order valence-electron chi connectivity index (χ3n) is 6.10. The van der Waals surface area contributed by atoms with Crippen molar-refractivity contribution in [2.75, 3.05) is 6.61 Å². The molecule has 0 aromatic heterocycles. The fraction of sp³-hybridized carbons (Fsp3) is 0.387. The molecule has 0 aliphatic heterocycles. The Morgan fingerprint density at radius 3 is 1.69 bits per heavy atom. The number of carbonyl (C=O) groups excluding carboxylic acids is 1. The maximum atomic E-state index is 12.5. The van der Waals surface area contributed by atoms with E-state index in [1.807, 2.05) is 60.7 Å². The molecule has 3 nitrogen and oxygen atoms in total. The summed E-state index contributed by atoms with van der Waals surface area (Å²) in [6.45, 7) is 2.97. The Labute approximate surface area is 219 Å². The summed E-state index contributed by atoms with van der Waals surface area (Å²) in [6, 6.07) is 22.8. The number of hydrogen-bond donors (Lipinski definition) is 0. The third kappa shape index (κ3) is 9.89. The van der Waals surface area contributed by atoms with E-state index in [2.05, 4.69) is 22.9 Å². The van der Waals surface area contributed by atoms with Crippen LogP contribution in [0.4, 0.5) is 0 Å². The summed E-state index contributed by atoms with van der Waals surface area (Å²) in [7, 11) is 0. The van der Waals surface area contributed by atoms with Crippen molar-refractivity contribution in [1.29, 1.82) is 0 Å². The highest BCUT2D eigenvalue weighted by atomic mass is 79.9. The maximum absolute atomic E-state index is 12.5. The number of carbonyl (C=O) groups is 1. The van der Waals surface area contributed by atoms with Gasteiger partial charge in [0, 0.05) is 4.47 Å². The van der Waals surface area contributed by atoms with Crippen LogP contribution in [0.1, 0.15) is 81.5 Å². The van der Waals surface area contributed by atoms with Gasteiger partial charge in [-0.05, 0) is 66.1 Å². The second-order valence-corrected chi connectivity index (χ2v) is 9.89. The number of rotatable bonds is 15. The van der Waals surface area contributed by atoms with Crippen molar-refractivity contribution < 1.29 is 14.3 Å². The average molecular weight is 538 g/mol. The molecular weight excluding hydrogens is 500 g/mol. The number of halogens is 1. The highest BCUT2D eigenvalue weighted by Crippen LogP contribution is 2.25. The van der Waals surface area contributed by atoms with E-state index in [1.165, 1.54) is 57.8 Å². The van der Waals surface area contributed by atoms with E-state index in [1.54, 1.807) is 12.1 Å². The highest BCUT2D eigenvalue weighted by Gasteiger charge is 2.09. The zero-order chi connectivity index (χ0) is 24.7. The first kappa shape index (κ1) is 27.0. The first-order valence-electron chi connectivity index (χ1n) is 13.0. The van der Waals surface area contributed by atoms with Crippen LogP contribution in [0.25, 0.3) is 11.1 Å². The highest BCUT2D eigenvalue weighted by molar-refractivity contribution is 9.10. The molecule has 0 atom stereocenters. The Morgan fingerprint density at radius 2 is 1.11 bits per heavy atom. The van der Waals surface area contributed by atoms with Gasteiger partial charge in [-0.25, -0.2) is 4.79 Å². The van der Waals surface area contributed by atoms with Crippen LogP contribution < -0.4 is 9.47 Å². The summed E-state index contributed by atoms with van der Waals surface area (Å²) in [6.07, 6.45) is 13.1. The van der Waals surface area contributed by atoms with E-state index < -0.39 is 0 Å². The molecule has 0 N–H and O–H groups in total. The van der Waals surface area contributed by atoms with Crippen LogP contribution in [0.15, 0.2) is 77.3 Å². The van der Waals surface area contributed by atoms with Gasteiger partial charge in [-0.2, -0.15) is 0 Å². The normalized spacial score (nSPS) is 10.8. The van der Waals surface area contributed by atoms with Gasteiger partial charge in [-0.3, -0.25) is 0 Å².